The smallest absolute Gasteiger partial charge is 0.276 e. The molecule has 0 bridgehead atoms. The Bertz CT molecular complexity index is 829. The monoisotopic (exact) mass is 353 g/mol. The van der Waals surface area contributed by atoms with Gasteiger partial charge in [0, 0.05) is 32.2 Å². The zero-order chi connectivity index (χ0) is 18.1. The lowest BCUT2D eigenvalue weighted by atomic mass is 10.1. The van der Waals surface area contributed by atoms with Crippen molar-refractivity contribution in [2.45, 2.75) is 6.92 Å². The Labute approximate surface area is 140 Å². The number of rotatable bonds is 2. The van der Waals surface area contributed by atoms with E-state index in [-0.39, 0.29) is 37.8 Å². The van der Waals surface area contributed by atoms with Crippen molar-refractivity contribution in [1.82, 2.24) is 15.0 Å². The van der Waals surface area contributed by atoms with Gasteiger partial charge in [0.25, 0.3) is 11.8 Å². The molecule has 0 saturated carbocycles. The first-order valence-corrected chi connectivity index (χ1v) is 7.54. The first-order chi connectivity index (χ1) is 11.9. The first kappa shape index (κ1) is 17.0. The fourth-order valence-corrected chi connectivity index (χ4v) is 2.60. The Morgan fingerprint density at radius 1 is 1.00 bits per heavy atom. The highest BCUT2D eigenvalue weighted by molar-refractivity contribution is 5.95. The van der Waals surface area contributed by atoms with E-state index in [0.29, 0.717) is 11.8 Å². The Morgan fingerprint density at radius 3 is 2.16 bits per heavy atom. The Kier molecular flexibility index (Phi) is 4.47. The van der Waals surface area contributed by atoms with Gasteiger partial charge >= 0.3 is 0 Å². The summed E-state index contributed by atoms with van der Waals surface area (Å²) in [6.07, 6.45) is 0. The van der Waals surface area contributed by atoms with Crippen LogP contribution in [0.15, 0.2) is 22.7 Å². The van der Waals surface area contributed by atoms with Crippen LogP contribution < -0.4 is 0 Å². The minimum Gasteiger partial charge on any atom is -0.361 e. The summed E-state index contributed by atoms with van der Waals surface area (Å²) in [6.45, 7) is 2.36. The summed E-state index contributed by atoms with van der Waals surface area (Å²) in [5.41, 5.74) is -0.366. The number of aromatic nitrogens is 1. The van der Waals surface area contributed by atoms with Gasteiger partial charge < -0.3 is 14.3 Å². The van der Waals surface area contributed by atoms with Gasteiger partial charge in [0.15, 0.2) is 23.1 Å². The zero-order valence-electron chi connectivity index (χ0n) is 13.3. The maximum Gasteiger partial charge on any atom is 0.276 e. The van der Waals surface area contributed by atoms with Crippen LogP contribution in [-0.4, -0.2) is 52.9 Å². The molecule has 0 unspecified atom stereocenters. The van der Waals surface area contributed by atoms with Gasteiger partial charge in [-0.25, -0.2) is 13.2 Å². The van der Waals surface area contributed by atoms with Crippen LogP contribution in [-0.2, 0) is 0 Å². The topological polar surface area (TPSA) is 66.7 Å². The van der Waals surface area contributed by atoms with E-state index in [9.17, 15) is 22.8 Å². The summed E-state index contributed by atoms with van der Waals surface area (Å²) in [4.78, 5) is 27.3. The standard InChI is InChI=1S/C16H14F3N3O3/c1-9-8-12(20-25-9)16(24)22-6-4-21(5-7-22)15(23)10-2-3-11(17)14(19)13(10)18/h2-3,8H,4-7H2,1H3. The van der Waals surface area contributed by atoms with E-state index in [1.165, 1.54) is 15.9 Å². The summed E-state index contributed by atoms with van der Waals surface area (Å²) in [5.74, 6) is -5.12. The number of hydrogen-bond donors (Lipinski definition) is 0. The van der Waals surface area contributed by atoms with Crippen molar-refractivity contribution in [2.24, 2.45) is 0 Å². The van der Waals surface area contributed by atoms with E-state index in [4.69, 9.17) is 4.52 Å². The molecule has 1 fully saturated rings. The van der Waals surface area contributed by atoms with E-state index < -0.39 is 28.9 Å². The highest BCUT2D eigenvalue weighted by Crippen LogP contribution is 2.18. The molecule has 0 radical (unpaired) electrons. The summed E-state index contributed by atoms with van der Waals surface area (Å²) < 4.78 is 44.9. The van der Waals surface area contributed by atoms with E-state index >= 15 is 0 Å². The van der Waals surface area contributed by atoms with Crippen molar-refractivity contribution in [1.29, 1.82) is 0 Å². The van der Waals surface area contributed by atoms with Gasteiger partial charge in [0.1, 0.15) is 5.76 Å². The van der Waals surface area contributed by atoms with E-state index in [1.807, 2.05) is 0 Å². The number of nitrogens with zero attached hydrogens (tertiary/aromatic N) is 3. The molecule has 1 aromatic heterocycles. The number of hydrogen-bond acceptors (Lipinski definition) is 4. The lowest BCUT2D eigenvalue weighted by molar-refractivity contribution is 0.0526. The van der Waals surface area contributed by atoms with Crippen molar-refractivity contribution in [3.8, 4) is 0 Å². The van der Waals surface area contributed by atoms with Gasteiger partial charge in [-0.1, -0.05) is 5.16 Å². The first-order valence-electron chi connectivity index (χ1n) is 7.54. The minimum absolute atomic E-state index is 0.139. The predicted molar refractivity (Wildman–Crippen MR) is 79.4 cm³/mol. The van der Waals surface area contributed by atoms with Gasteiger partial charge in [0.05, 0.1) is 5.56 Å². The molecule has 1 aromatic carbocycles. The number of carbonyl (C=O) groups excluding carboxylic acids is 2. The van der Waals surface area contributed by atoms with Crippen molar-refractivity contribution < 1.29 is 27.3 Å². The lowest BCUT2D eigenvalue weighted by Crippen LogP contribution is -2.50. The number of halogens is 3. The summed E-state index contributed by atoms with van der Waals surface area (Å²) in [7, 11) is 0. The second-order valence-corrected chi connectivity index (χ2v) is 5.63. The molecule has 2 amide bonds. The molecular weight excluding hydrogens is 339 g/mol. The van der Waals surface area contributed by atoms with Gasteiger partial charge in [0.2, 0.25) is 0 Å². The fourth-order valence-electron chi connectivity index (χ4n) is 2.60. The van der Waals surface area contributed by atoms with Crippen LogP contribution in [0.1, 0.15) is 26.6 Å². The summed E-state index contributed by atoms with van der Waals surface area (Å²) in [5, 5.41) is 3.65. The molecule has 0 N–H and O–H groups in total. The fraction of sp³-hybridized carbons (Fsp3) is 0.312. The van der Waals surface area contributed by atoms with Crippen LogP contribution in [0.25, 0.3) is 0 Å². The molecule has 0 atom stereocenters. The molecule has 0 aliphatic carbocycles. The maximum atomic E-state index is 13.8. The van der Waals surface area contributed by atoms with Crippen LogP contribution in [0, 0.1) is 24.4 Å². The van der Waals surface area contributed by atoms with Gasteiger partial charge in [-0.2, -0.15) is 0 Å². The van der Waals surface area contributed by atoms with E-state index in [0.717, 1.165) is 6.07 Å². The number of piperazine rings is 1. The van der Waals surface area contributed by atoms with Gasteiger partial charge in [-0.05, 0) is 19.1 Å². The highest BCUT2D eigenvalue weighted by Gasteiger charge is 2.29. The Balaban J connectivity index is 1.67. The molecule has 1 aliphatic rings. The maximum absolute atomic E-state index is 13.8. The molecule has 0 spiro atoms. The van der Waals surface area contributed by atoms with Crippen LogP contribution >= 0.6 is 0 Å². The van der Waals surface area contributed by atoms with Crippen molar-refractivity contribution >= 4 is 11.8 Å². The Morgan fingerprint density at radius 2 is 1.60 bits per heavy atom. The molecule has 6 nitrogen and oxygen atoms in total. The second kappa shape index (κ2) is 6.58. The summed E-state index contributed by atoms with van der Waals surface area (Å²) >= 11 is 0. The third-order valence-electron chi connectivity index (χ3n) is 3.97. The molecule has 1 aliphatic heterocycles. The summed E-state index contributed by atoms with van der Waals surface area (Å²) in [6, 6.07) is 3.13. The number of benzene rings is 1. The highest BCUT2D eigenvalue weighted by atomic mass is 19.2. The Hall–Kier alpha value is -2.84. The van der Waals surface area contributed by atoms with Crippen LogP contribution in [0.5, 0.6) is 0 Å². The molecule has 2 aromatic rings. The predicted octanol–water partition coefficient (Wildman–Crippen LogP) is 2.00. The molecule has 2 heterocycles. The third-order valence-corrected chi connectivity index (χ3v) is 3.97. The lowest BCUT2D eigenvalue weighted by Gasteiger charge is -2.34. The quantitative estimate of drug-likeness (QED) is 0.775. The third kappa shape index (κ3) is 3.21. The molecule has 132 valence electrons. The van der Waals surface area contributed by atoms with Gasteiger partial charge in [-0.3, -0.25) is 9.59 Å². The second-order valence-electron chi connectivity index (χ2n) is 5.63. The zero-order valence-corrected chi connectivity index (χ0v) is 13.3. The van der Waals surface area contributed by atoms with Crippen molar-refractivity contribution in [2.75, 3.05) is 26.2 Å². The minimum atomic E-state index is -1.68. The van der Waals surface area contributed by atoms with Crippen LogP contribution in [0.2, 0.25) is 0 Å². The number of amides is 2. The van der Waals surface area contributed by atoms with Crippen LogP contribution in [0.4, 0.5) is 13.2 Å². The number of carbonyl (C=O) groups is 2. The average Bonchev–Trinajstić information content (AvgIpc) is 3.05. The normalized spacial score (nSPS) is 14.7. The van der Waals surface area contributed by atoms with Crippen molar-refractivity contribution in [3.63, 3.8) is 0 Å². The molecule has 25 heavy (non-hydrogen) atoms. The SMILES string of the molecule is Cc1cc(C(=O)N2CCN(C(=O)c3ccc(F)c(F)c3F)CC2)no1. The van der Waals surface area contributed by atoms with E-state index in [2.05, 4.69) is 5.16 Å². The average molecular weight is 353 g/mol. The van der Waals surface area contributed by atoms with Crippen LogP contribution in [0.3, 0.4) is 0 Å². The largest absolute Gasteiger partial charge is 0.361 e. The molecule has 1 saturated heterocycles. The molecule has 3 rings (SSSR count). The number of aryl methyl sites for hydroxylation is 1. The van der Waals surface area contributed by atoms with Crippen molar-refractivity contribution in [3.05, 3.63) is 52.7 Å². The molecular formula is C16H14F3N3O3. The molecule has 9 heteroatoms. The van der Waals surface area contributed by atoms with E-state index in [1.54, 1.807) is 6.92 Å². The van der Waals surface area contributed by atoms with Gasteiger partial charge in [-0.15, -0.1) is 0 Å².